The van der Waals surface area contributed by atoms with Crippen LogP contribution in [0.2, 0.25) is 5.02 Å². The smallest absolute Gasteiger partial charge is 0.255 e. The Hall–Kier alpha value is -1.89. The predicted molar refractivity (Wildman–Crippen MR) is 101 cm³/mol. The van der Waals surface area contributed by atoms with Crippen molar-refractivity contribution in [3.63, 3.8) is 0 Å². The quantitative estimate of drug-likeness (QED) is 0.826. The van der Waals surface area contributed by atoms with Gasteiger partial charge < -0.3 is 19.2 Å². The molecule has 7 heteroatoms. The van der Waals surface area contributed by atoms with Crippen LogP contribution in [-0.2, 0) is 24.4 Å². The normalized spacial score (nSPS) is 16.2. The molecule has 26 heavy (non-hydrogen) atoms. The highest BCUT2D eigenvalue weighted by Crippen LogP contribution is 2.36. The second-order valence-corrected chi connectivity index (χ2v) is 7.25. The van der Waals surface area contributed by atoms with Crippen LogP contribution in [0.15, 0.2) is 16.9 Å². The SMILES string of the molecule is COc1cc2c3c(c(=O)n(CC4CC4)c2cc1Cl)CN(C)C3.O=CCO. The van der Waals surface area contributed by atoms with Crippen molar-refractivity contribution in [3.8, 4) is 5.75 Å². The van der Waals surface area contributed by atoms with Gasteiger partial charge in [0.15, 0.2) is 0 Å². The zero-order chi connectivity index (χ0) is 18.8. The Labute approximate surface area is 156 Å². The van der Waals surface area contributed by atoms with E-state index in [-0.39, 0.29) is 12.2 Å². The minimum atomic E-state index is -0.361. The molecule has 2 aromatic rings. The molecular weight excluding hydrogens is 356 g/mol. The van der Waals surface area contributed by atoms with E-state index < -0.39 is 0 Å². The molecule has 0 saturated heterocycles. The molecule has 140 valence electrons. The van der Waals surface area contributed by atoms with Gasteiger partial charge in [0.25, 0.3) is 5.56 Å². The Bertz CT molecular complexity index is 889. The number of aliphatic hydroxyl groups excluding tert-OH is 1. The molecule has 6 nitrogen and oxygen atoms in total. The highest BCUT2D eigenvalue weighted by atomic mass is 35.5. The van der Waals surface area contributed by atoms with Crippen LogP contribution < -0.4 is 10.3 Å². The molecule has 0 spiro atoms. The summed E-state index contributed by atoms with van der Waals surface area (Å²) in [5.41, 5.74) is 3.15. The van der Waals surface area contributed by atoms with E-state index >= 15 is 0 Å². The summed E-state index contributed by atoms with van der Waals surface area (Å²) in [6, 6.07) is 3.87. The first-order chi connectivity index (χ1) is 12.5. The lowest BCUT2D eigenvalue weighted by Crippen LogP contribution is -2.25. The lowest BCUT2D eigenvalue weighted by Gasteiger charge is -2.15. The summed E-state index contributed by atoms with van der Waals surface area (Å²) < 4.78 is 7.30. The third kappa shape index (κ3) is 3.63. The number of methoxy groups -OCH3 is 1. The van der Waals surface area contributed by atoms with Gasteiger partial charge in [-0.15, -0.1) is 0 Å². The number of aliphatic hydroxyl groups is 1. The standard InChI is InChI=1S/C17H19ClN2O2.C2H4O2/c1-19-8-12-11-5-16(22-2)14(18)6-15(11)20(7-10-3-4-10)17(21)13(12)9-19;3-1-2-4/h5-6,10H,3-4,7-9H2,1-2H3;1,4H,2H2. The average molecular weight is 379 g/mol. The first-order valence-corrected chi connectivity index (χ1v) is 9.02. The highest BCUT2D eigenvalue weighted by molar-refractivity contribution is 6.32. The molecule has 0 radical (unpaired) electrons. The van der Waals surface area contributed by atoms with E-state index in [1.54, 1.807) is 7.11 Å². The maximum absolute atomic E-state index is 12.9. The monoisotopic (exact) mass is 378 g/mol. The Kier molecular flexibility index (Phi) is 5.65. The second kappa shape index (κ2) is 7.78. The number of halogens is 1. The number of rotatable bonds is 4. The van der Waals surface area contributed by atoms with Gasteiger partial charge >= 0.3 is 0 Å². The number of aldehydes is 1. The number of nitrogens with zero attached hydrogens (tertiary/aromatic N) is 2. The fourth-order valence-corrected chi connectivity index (χ4v) is 3.64. The van der Waals surface area contributed by atoms with E-state index in [2.05, 4.69) is 4.90 Å². The molecule has 1 fully saturated rings. The molecular formula is C19H23ClN2O4. The fourth-order valence-electron chi connectivity index (χ4n) is 3.41. The summed E-state index contributed by atoms with van der Waals surface area (Å²) in [6.07, 6.45) is 2.86. The number of ether oxygens (including phenoxy) is 1. The molecule has 1 aromatic heterocycles. The number of carbonyl (C=O) groups excluding carboxylic acids is 1. The minimum Gasteiger partial charge on any atom is -0.495 e. The van der Waals surface area contributed by atoms with Gasteiger partial charge in [-0.25, -0.2) is 0 Å². The molecule has 0 atom stereocenters. The lowest BCUT2D eigenvalue weighted by molar-refractivity contribution is -0.110. The number of hydrogen-bond acceptors (Lipinski definition) is 5. The molecule has 1 N–H and O–H groups in total. The van der Waals surface area contributed by atoms with Crippen LogP contribution in [0, 0.1) is 5.92 Å². The van der Waals surface area contributed by atoms with Gasteiger partial charge in [-0.2, -0.15) is 0 Å². The Morgan fingerprint density at radius 2 is 1.96 bits per heavy atom. The van der Waals surface area contributed by atoms with Crippen molar-refractivity contribution in [2.75, 3.05) is 20.8 Å². The van der Waals surface area contributed by atoms with Crippen molar-refractivity contribution in [3.05, 3.63) is 38.6 Å². The molecule has 0 unspecified atom stereocenters. The van der Waals surface area contributed by atoms with Crippen LogP contribution in [0.4, 0.5) is 0 Å². The van der Waals surface area contributed by atoms with Gasteiger partial charge in [-0.05, 0) is 43.5 Å². The minimum absolute atomic E-state index is 0.153. The van der Waals surface area contributed by atoms with Gasteiger partial charge in [0, 0.05) is 30.6 Å². The van der Waals surface area contributed by atoms with Crippen LogP contribution in [0.3, 0.4) is 0 Å². The van der Waals surface area contributed by atoms with E-state index in [0.29, 0.717) is 23.0 Å². The predicted octanol–water partition coefficient (Wildman–Crippen LogP) is 2.20. The van der Waals surface area contributed by atoms with Gasteiger partial charge in [0.1, 0.15) is 12.0 Å². The largest absolute Gasteiger partial charge is 0.495 e. The molecule has 0 amide bonds. The molecule has 1 aliphatic carbocycles. The maximum Gasteiger partial charge on any atom is 0.255 e. The summed E-state index contributed by atoms with van der Waals surface area (Å²) in [4.78, 5) is 24.0. The van der Waals surface area contributed by atoms with Crippen LogP contribution in [0.1, 0.15) is 24.0 Å². The third-order valence-electron chi connectivity index (χ3n) is 4.82. The van der Waals surface area contributed by atoms with Crippen molar-refractivity contribution in [2.45, 2.75) is 32.5 Å². The van der Waals surface area contributed by atoms with E-state index in [4.69, 9.17) is 26.2 Å². The van der Waals surface area contributed by atoms with E-state index in [1.165, 1.54) is 12.8 Å². The van der Waals surface area contributed by atoms with Crippen molar-refractivity contribution in [1.82, 2.24) is 9.47 Å². The first-order valence-electron chi connectivity index (χ1n) is 8.65. The third-order valence-corrected chi connectivity index (χ3v) is 5.12. The number of benzene rings is 1. The second-order valence-electron chi connectivity index (χ2n) is 6.84. The zero-order valence-corrected chi connectivity index (χ0v) is 15.8. The topological polar surface area (TPSA) is 71.8 Å². The fraction of sp³-hybridized carbons (Fsp3) is 0.474. The highest BCUT2D eigenvalue weighted by Gasteiger charge is 2.28. The average Bonchev–Trinajstić information content (AvgIpc) is 3.37. The molecule has 1 saturated carbocycles. The van der Waals surface area contributed by atoms with Crippen LogP contribution in [-0.4, -0.2) is 41.6 Å². The van der Waals surface area contributed by atoms with Crippen LogP contribution >= 0.6 is 11.6 Å². The number of carbonyl (C=O) groups is 1. The van der Waals surface area contributed by atoms with Crippen LogP contribution in [0.25, 0.3) is 10.9 Å². The Balaban J connectivity index is 0.000000447. The Morgan fingerprint density at radius 1 is 1.31 bits per heavy atom. The molecule has 2 heterocycles. The summed E-state index contributed by atoms with van der Waals surface area (Å²) in [5, 5.41) is 9.17. The molecule has 4 rings (SSSR count). The number of pyridine rings is 1. The number of aromatic nitrogens is 1. The molecule has 1 aromatic carbocycles. The summed E-state index contributed by atoms with van der Waals surface area (Å²) in [7, 11) is 3.67. The molecule has 1 aliphatic heterocycles. The van der Waals surface area contributed by atoms with Crippen molar-refractivity contribution < 1.29 is 14.6 Å². The first kappa shape index (κ1) is 18.9. The van der Waals surface area contributed by atoms with Gasteiger partial charge in [-0.3, -0.25) is 9.69 Å². The summed E-state index contributed by atoms with van der Waals surface area (Å²) in [5.74, 6) is 1.31. The van der Waals surface area contributed by atoms with Crippen molar-refractivity contribution in [2.24, 2.45) is 5.92 Å². The van der Waals surface area contributed by atoms with Crippen molar-refractivity contribution in [1.29, 1.82) is 0 Å². The van der Waals surface area contributed by atoms with Gasteiger partial charge in [0.2, 0.25) is 0 Å². The van der Waals surface area contributed by atoms with E-state index in [1.807, 2.05) is 23.7 Å². The number of hydrogen-bond donors (Lipinski definition) is 1. The van der Waals surface area contributed by atoms with Gasteiger partial charge in [0.05, 0.1) is 24.3 Å². The zero-order valence-electron chi connectivity index (χ0n) is 15.0. The lowest BCUT2D eigenvalue weighted by atomic mass is 10.0. The van der Waals surface area contributed by atoms with Crippen LogP contribution in [0.5, 0.6) is 5.75 Å². The van der Waals surface area contributed by atoms with E-state index in [9.17, 15) is 4.79 Å². The van der Waals surface area contributed by atoms with Gasteiger partial charge in [-0.1, -0.05) is 11.6 Å². The van der Waals surface area contributed by atoms with E-state index in [0.717, 1.165) is 41.7 Å². The molecule has 2 aliphatic rings. The Morgan fingerprint density at radius 3 is 2.54 bits per heavy atom. The summed E-state index contributed by atoms with van der Waals surface area (Å²) in [6.45, 7) is 1.96. The number of fused-ring (bicyclic) bond motifs is 3. The summed E-state index contributed by atoms with van der Waals surface area (Å²) >= 11 is 6.31. The molecule has 0 bridgehead atoms. The van der Waals surface area contributed by atoms with Crippen molar-refractivity contribution >= 4 is 28.8 Å². The maximum atomic E-state index is 12.9.